The largest absolute Gasteiger partial charge is 0.465 e. The average Bonchev–Trinajstić information content (AvgIpc) is 2.16. The molecule has 0 fully saturated rings. The molecule has 2 nitrogen and oxygen atoms in total. The number of carbonyl (C=O) groups excluding carboxylic acids is 1. The van der Waals surface area contributed by atoms with E-state index in [2.05, 4.69) is 17.4 Å². The normalized spacial score (nSPS) is 12.2. The second-order valence-electron chi connectivity index (χ2n) is 2.75. The lowest BCUT2D eigenvalue weighted by atomic mass is 10.1. The summed E-state index contributed by atoms with van der Waals surface area (Å²) in [5, 5.41) is 0.0373. The fraction of sp³-hybridized carbons (Fsp3) is 0.300. The van der Waals surface area contributed by atoms with Crippen molar-refractivity contribution in [2.75, 3.05) is 7.11 Å². The van der Waals surface area contributed by atoms with Crippen molar-refractivity contribution in [3.63, 3.8) is 0 Å². The Bertz CT molecular complexity index is 308. The zero-order valence-corrected chi connectivity index (χ0v) is 8.54. The van der Waals surface area contributed by atoms with Crippen molar-refractivity contribution in [2.24, 2.45) is 0 Å². The minimum atomic E-state index is -0.309. The van der Waals surface area contributed by atoms with Crippen molar-refractivity contribution in [1.82, 2.24) is 0 Å². The van der Waals surface area contributed by atoms with Gasteiger partial charge in [0.1, 0.15) is 0 Å². The Morgan fingerprint density at radius 1 is 1.46 bits per heavy atom. The third kappa shape index (κ3) is 2.25. The van der Waals surface area contributed by atoms with Gasteiger partial charge >= 0.3 is 5.97 Å². The summed E-state index contributed by atoms with van der Waals surface area (Å²) in [5.74, 6) is -0.309. The lowest BCUT2D eigenvalue weighted by Gasteiger charge is -2.09. The van der Waals surface area contributed by atoms with Gasteiger partial charge in [-0.25, -0.2) is 4.79 Å². The summed E-state index contributed by atoms with van der Waals surface area (Å²) in [4.78, 5) is 11.3. The third-order valence-corrected chi connectivity index (χ3v) is 2.09. The molecule has 1 rings (SSSR count). The van der Waals surface area contributed by atoms with Gasteiger partial charge < -0.3 is 4.74 Å². The second kappa shape index (κ2) is 4.33. The maximum atomic E-state index is 11.3. The molecule has 1 aromatic rings. The third-order valence-electron chi connectivity index (χ3n) is 1.82. The Kier molecular flexibility index (Phi) is 3.37. The molecule has 70 valence electrons. The Morgan fingerprint density at radius 3 is 2.62 bits per heavy atom. The Balaban J connectivity index is 3.12. The molecule has 0 N–H and O–H groups in total. The molecule has 0 aliphatic carbocycles. The minimum absolute atomic E-state index is 0.0373. The van der Waals surface area contributed by atoms with Crippen LogP contribution in [-0.2, 0) is 4.74 Å². The van der Waals surface area contributed by atoms with E-state index in [-0.39, 0.29) is 11.2 Å². The molecule has 0 radical (unpaired) electrons. The molecule has 0 heterocycles. The van der Waals surface area contributed by atoms with Gasteiger partial charge in [0, 0.05) is 5.25 Å². The molecule has 1 aromatic carbocycles. The Morgan fingerprint density at radius 2 is 2.08 bits per heavy atom. The molecule has 0 spiro atoms. The second-order valence-corrected chi connectivity index (χ2v) is 3.53. The van der Waals surface area contributed by atoms with Crippen molar-refractivity contribution >= 4 is 18.6 Å². The standard InChI is InChI=1S/C10H12O2S/c1-7(13)8-5-3-4-6-9(8)10(11)12-2/h3-7,13H,1-2H3. The van der Waals surface area contributed by atoms with Crippen molar-refractivity contribution in [3.05, 3.63) is 35.4 Å². The molecule has 3 heteroatoms. The van der Waals surface area contributed by atoms with E-state index in [9.17, 15) is 4.79 Å². The molecule has 0 aliphatic heterocycles. The number of hydrogen-bond acceptors (Lipinski definition) is 3. The summed E-state index contributed by atoms with van der Waals surface area (Å²) in [6.07, 6.45) is 0. The highest BCUT2D eigenvalue weighted by atomic mass is 32.1. The van der Waals surface area contributed by atoms with Gasteiger partial charge in [0.25, 0.3) is 0 Å². The maximum absolute atomic E-state index is 11.3. The summed E-state index contributed by atoms with van der Waals surface area (Å²) < 4.78 is 4.65. The van der Waals surface area contributed by atoms with Crippen LogP contribution in [0.3, 0.4) is 0 Å². The molecule has 1 atom stereocenters. The molecule has 0 aromatic heterocycles. The van der Waals surface area contributed by atoms with Crippen LogP contribution in [0.15, 0.2) is 24.3 Å². The van der Waals surface area contributed by atoms with E-state index in [0.29, 0.717) is 5.56 Å². The predicted octanol–water partition coefficient (Wildman–Crippen LogP) is 2.46. The first-order chi connectivity index (χ1) is 6.16. The summed E-state index contributed by atoms with van der Waals surface area (Å²) in [6, 6.07) is 7.32. The topological polar surface area (TPSA) is 26.3 Å². The fourth-order valence-electron chi connectivity index (χ4n) is 1.16. The van der Waals surface area contributed by atoms with Crippen LogP contribution in [0.25, 0.3) is 0 Å². The van der Waals surface area contributed by atoms with Gasteiger partial charge in [0.05, 0.1) is 12.7 Å². The quantitative estimate of drug-likeness (QED) is 0.581. The molecular weight excluding hydrogens is 184 g/mol. The number of esters is 1. The van der Waals surface area contributed by atoms with E-state index in [0.717, 1.165) is 5.56 Å². The highest BCUT2D eigenvalue weighted by Crippen LogP contribution is 2.22. The van der Waals surface area contributed by atoms with E-state index in [1.165, 1.54) is 7.11 Å². The lowest BCUT2D eigenvalue weighted by Crippen LogP contribution is -2.05. The van der Waals surface area contributed by atoms with E-state index in [1.54, 1.807) is 6.07 Å². The molecular formula is C10H12O2S. The van der Waals surface area contributed by atoms with Crippen LogP contribution in [-0.4, -0.2) is 13.1 Å². The number of carbonyl (C=O) groups is 1. The van der Waals surface area contributed by atoms with Gasteiger partial charge in [-0.1, -0.05) is 18.2 Å². The molecule has 0 bridgehead atoms. The SMILES string of the molecule is COC(=O)c1ccccc1C(C)S. The van der Waals surface area contributed by atoms with E-state index < -0.39 is 0 Å². The number of methoxy groups -OCH3 is 1. The minimum Gasteiger partial charge on any atom is -0.465 e. The fourth-order valence-corrected chi connectivity index (χ4v) is 1.38. The monoisotopic (exact) mass is 196 g/mol. The highest BCUT2D eigenvalue weighted by Gasteiger charge is 2.12. The summed E-state index contributed by atoms with van der Waals surface area (Å²) in [6.45, 7) is 1.92. The lowest BCUT2D eigenvalue weighted by molar-refractivity contribution is 0.0599. The first-order valence-corrected chi connectivity index (χ1v) is 4.53. The smallest absolute Gasteiger partial charge is 0.338 e. The zero-order valence-electron chi connectivity index (χ0n) is 7.65. The summed E-state index contributed by atoms with van der Waals surface area (Å²) >= 11 is 4.28. The van der Waals surface area contributed by atoms with Crippen LogP contribution in [0, 0.1) is 0 Å². The van der Waals surface area contributed by atoms with Gasteiger partial charge in [0.15, 0.2) is 0 Å². The van der Waals surface area contributed by atoms with Crippen molar-refractivity contribution in [2.45, 2.75) is 12.2 Å². The molecule has 0 saturated carbocycles. The highest BCUT2D eigenvalue weighted by molar-refractivity contribution is 7.80. The van der Waals surface area contributed by atoms with Crippen LogP contribution in [0.1, 0.15) is 28.1 Å². The van der Waals surface area contributed by atoms with Crippen LogP contribution in [0.5, 0.6) is 0 Å². The first-order valence-electron chi connectivity index (χ1n) is 4.02. The predicted molar refractivity (Wildman–Crippen MR) is 55.2 cm³/mol. The van der Waals surface area contributed by atoms with Crippen LogP contribution < -0.4 is 0 Å². The first kappa shape index (κ1) is 10.1. The summed E-state index contributed by atoms with van der Waals surface area (Å²) in [5.41, 5.74) is 1.49. The van der Waals surface area contributed by atoms with Crippen LogP contribution in [0.2, 0.25) is 0 Å². The number of ether oxygens (including phenoxy) is 1. The molecule has 13 heavy (non-hydrogen) atoms. The van der Waals surface area contributed by atoms with E-state index in [4.69, 9.17) is 0 Å². The molecule has 0 saturated heterocycles. The van der Waals surface area contributed by atoms with E-state index in [1.807, 2.05) is 25.1 Å². The van der Waals surface area contributed by atoms with Gasteiger partial charge in [0.2, 0.25) is 0 Å². The molecule has 0 aliphatic rings. The number of thiol groups is 1. The van der Waals surface area contributed by atoms with Crippen molar-refractivity contribution in [1.29, 1.82) is 0 Å². The van der Waals surface area contributed by atoms with Gasteiger partial charge in [-0.15, -0.1) is 0 Å². The average molecular weight is 196 g/mol. The molecule has 1 unspecified atom stereocenters. The Labute approximate surface area is 83.3 Å². The van der Waals surface area contributed by atoms with E-state index >= 15 is 0 Å². The van der Waals surface area contributed by atoms with Crippen LogP contribution in [0.4, 0.5) is 0 Å². The Hall–Kier alpha value is -0.960. The number of benzene rings is 1. The van der Waals surface area contributed by atoms with Gasteiger partial charge in [-0.05, 0) is 18.6 Å². The molecule has 0 amide bonds. The van der Waals surface area contributed by atoms with Crippen molar-refractivity contribution < 1.29 is 9.53 Å². The number of rotatable bonds is 2. The summed E-state index contributed by atoms with van der Waals surface area (Å²) in [7, 11) is 1.38. The van der Waals surface area contributed by atoms with Gasteiger partial charge in [-0.2, -0.15) is 12.6 Å². The number of hydrogen-bond donors (Lipinski definition) is 1. The maximum Gasteiger partial charge on any atom is 0.338 e. The van der Waals surface area contributed by atoms with Crippen LogP contribution >= 0.6 is 12.6 Å². The van der Waals surface area contributed by atoms with Gasteiger partial charge in [-0.3, -0.25) is 0 Å². The zero-order chi connectivity index (χ0) is 9.84. The van der Waals surface area contributed by atoms with Crippen molar-refractivity contribution in [3.8, 4) is 0 Å².